The van der Waals surface area contributed by atoms with E-state index in [-0.39, 0.29) is 5.92 Å². The maximum Gasteiger partial charge on any atom is 0.0931 e. The molecular formula is C17H27NO. The van der Waals surface area contributed by atoms with Gasteiger partial charge in [0.1, 0.15) is 0 Å². The molecule has 19 heavy (non-hydrogen) atoms. The molecule has 1 heterocycles. The second-order valence-electron chi connectivity index (χ2n) is 5.91. The van der Waals surface area contributed by atoms with Crippen LogP contribution in [0.2, 0.25) is 0 Å². The molecule has 0 radical (unpaired) electrons. The molecule has 0 aliphatic carbocycles. The molecular weight excluding hydrogens is 234 g/mol. The molecule has 2 rings (SSSR count). The Kier molecular flexibility index (Phi) is 5.00. The first-order chi connectivity index (χ1) is 9.16. The van der Waals surface area contributed by atoms with E-state index in [0.717, 1.165) is 18.5 Å². The van der Waals surface area contributed by atoms with Gasteiger partial charge in [-0.3, -0.25) is 0 Å². The van der Waals surface area contributed by atoms with E-state index in [1.54, 1.807) is 0 Å². The maximum absolute atomic E-state index is 11.1. The molecule has 1 aliphatic rings. The lowest BCUT2D eigenvalue weighted by Crippen LogP contribution is -2.42. The third kappa shape index (κ3) is 3.37. The lowest BCUT2D eigenvalue weighted by molar-refractivity contribution is -0.0351. The van der Waals surface area contributed by atoms with Crippen LogP contribution in [0.25, 0.3) is 0 Å². The summed E-state index contributed by atoms with van der Waals surface area (Å²) in [5.41, 5.74) is 0.362. The largest absolute Gasteiger partial charge is 0.385 e. The van der Waals surface area contributed by atoms with Crippen LogP contribution in [0.4, 0.5) is 0 Å². The van der Waals surface area contributed by atoms with E-state index in [9.17, 15) is 5.11 Å². The summed E-state index contributed by atoms with van der Waals surface area (Å²) in [5.74, 6) is 0.262. The first kappa shape index (κ1) is 14.5. The van der Waals surface area contributed by atoms with Crippen molar-refractivity contribution in [3.63, 3.8) is 0 Å². The van der Waals surface area contributed by atoms with Crippen LogP contribution in [0.3, 0.4) is 0 Å². The zero-order valence-electron chi connectivity index (χ0n) is 12.3. The van der Waals surface area contributed by atoms with Crippen LogP contribution >= 0.6 is 0 Å². The molecule has 2 unspecified atom stereocenters. The van der Waals surface area contributed by atoms with E-state index in [1.807, 2.05) is 18.2 Å². The molecule has 0 amide bonds. The lowest BCUT2D eigenvalue weighted by Gasteiger charge is -2.38. The Morgan fingerprint density at radius 3 is 2.37 bits per heavy atom. The molecule has 0 aromatic heterocycles. The Hall–Kier alpha value is -0.860. The number of hydrogen-bond acceptors (Lipinski definition) is 2. The minimum Gasteiger partial charge on any atom is -0.385 e. The first-order valence-corrected chi connectivity index (χ1v) is 7.67. The van der Waals surface area contributed by atoms with Gasteiger partial charge in [0.05, 0.1) is 5.60 Å². The molecule has 2 heteroatoms. The number of benzene rings is 1. The molecule has 2 atom stereocenters. The summed E-state index contributed by atoms with van der Waals surface area (Å²) in [7, 11) is 0. The Morgan fingerprint density at radius 1 is 1.16 bits per heavy atom. The third-order valence-corrected chi connectivity index (χ3v) is 4.61. The topological polar surface area (TPSA) is 23.5 Å². The highest BCUT2D eigenvalue weighted by Gasteiger charge is 2.34. The molecule has 1 aliphatic heterocycles. The van der Waals surface area contributed by atoms with Crippen LogP contribution in [0.15, 0.2) is 30.3 Å². The predicted octanol–water partition coefficient (Wildman–Crippen LogP) is 3.41. The Bertz CT molecular complexity index is 372. The van der Waals surface area contributed by atoms with Crippen molar-refractivity contribution in [2.45, 2.75) is 45.1 Å². The standard InChI is InChI=1S/C17H27NO/c1-3-17(19,16-10-6-4-7-11-16)15(2)14-18-12-8-5-9-13-18/h4,6-7,10-11,15,19H,3,5,8-9,12-14H2,1-2H3. The normalized spacial score (nSPS) is 21.8. The molecule has 1 saturated heterocycles. The van der Waals surface area contributed by atoms with E-state index in [1.165, 1.54) is 32.4 Å². The minimum atomic E-state index is -0.696. The lowest BCUT2D eigenvalue weighted by atomic mass is 9.80. The molecule has 1 fully saturated rings. The first-order valence-electron chi connectivity index (χ1n) is 7.67. The van der Waals surface area contributed by atoms with Crippen molar-refractivity contribution in [1.82, 2.24) is 4.90 Å². The van der Waals surface area contributed by atoms with Crippen molar-refractivity contribution in [2.24, 2.45) is 5.92 Å². The highest BCUT2D eigenvalue weighted by molar-refractivity contribution is 5.23. The number of piperidine rings is 1. The number of nitrogens with zero attached hydrogens (tertiary/aromatic N) is 1. The van der Waals surface area contributed by atoms with Gasteiger partial charge < -0.3 is 10.0 Å². The van der Waals surface area contributed by atoms with Gasteiger partial charge >= 0.3 is 0 Å². The Morgan fingerprint density at radius 2 is 1.79 bits per heavy atom. The zero-order valence-corrected chi connectivity index (χ0v) is 12.3. The second-order valence-corrected chi connectivity index (χ2v) is 5.91. The zero-order chi connectivity index (χ0) is 13.7. The van der Waals surface area contributed by atoms with Crippen LogP contribution in [0.5, 0.6) is 0 Å². The molecule has 2 nitrogen and oxygen atoms in total. The average Bonchev–Trinajstić information content (AvgIpc) is 2.48. The van der Waals surface area contributed by atoms with Gasteiger partial charge in [-0.25, -0.2) is 0 Å². The smallest absolute Gasteiger partial charge is 0.0931 e. The van der Waals surface area contributed by atoms with E-state index in [0.29, 0.717) is 0 Å². The second kappa shape index (κ2) is 6.53. The van der Waals surface area contributed by atoms with Crippen molar-refractivity contribution in [3.8, 4) is 0 Å². The van der Waals surface area contributed by atoms with E-state index >= 15 is 0 Å². The summed E-state index contributed by atoms with van der Waals surface area (Å²) in [6.45, 7) is 7.65. The molecule has 106 valence electrons. The summed E-state index contributed by atoms with van der Waals surface area (Å²) in [4.78, 5) is 2.51. The molecule has 1 N–H and O–H groups in total. The van der Waals surface area contributed by atoms with Crippen LogP contribution < -0.4 is 0 Å². The number of rotatable bonds is 5. The Labute approximate surface area is 117 Å². The highest BCUT2D eigenvalue weighted by atomic mass is 16.3. The van der Waals surface area contributed by atoms with Crippen molar-refractivity contribution in [2.75, 3.05) is 19.6 Å². The molecule has 0 saturated carbocycles. The van der Waals surface area contributed by atoms with Gasteiger partial charge in [0.15, 0.2) is 0 Å². The van der Waals surface area contributed by atoms with Gasteiger partial charge in [0.25, 0.3) is 0 Å². The minimum absolute atomic E-state index is 0.262. The van der Waals surface area contributed by atoms with Gasteiger partial charge in [-0.15, -0.1) is 0 Å². The summed E-state index contributed by atoms with van der Waals surface area (Å²) in [5, 5.41) is 11.1. The number of aliphatic hydroxyl groups is 1. The fourth-order valence-corrected chi connectivity index (χ4v) is 3.24. The molecule has 0 bridgehead atoms. The van der Waals surface area contributed by atoms with Crippen molar-refractivity contribution in [1.29, 1.82) is 0 Å². The van der Waals surface area contributed by atoms with Crippen LogP contribution in [-0.4, -0.2) is 29.6 Å². The van der Waals surface area contributed by atoms with Crippen LogP contribution in [-0.2, 0) is 5.60 Å². The average molecular weight is 261 g/mol. The fraction of sp³-hybridized carbons (Fsp3) is 0.647. The van der Waals surface area contributed by atoms with Crippen molar-refractivity contribution in [3.05, 3.63) is 35.9 Å². The summed E-state index contributed by atoms with van der Waals surface area (Å²) in [6, 6.07) is 10.1. The van der Waals surface area contributed by atoms with Crippen molar-refractivity contribution < 1.29 is 5.11 Å². The summed E-state index contributed by atoms with van der Waals surface area (Å²) >= 11 is 0. The molecule has 1 aromatic carbocycles. The third-order valence-electron chi connectivity index (χ3n) is 4.61. The van der Waals surface area contributed by atoms with E-state index < -0.39 is 5.60 Å². The van der Waals surface area contributed by atoms with Gasteiger partial charge in [-0.05, 0) is 37.9 Å². The van der Waals surface area contributed by atoms with Gasteiger partial charge in [0, 0.05) is 12.5 Å². The maximum atomic E-state index is 11.1. The fourth-order valence-electron chi connectivity index (χ4n) is 3.24. The molecule has 0 spiro atoms. The van der Waals surface area contributed by atoms with E-state index in [4.69, 9.17) is 0 Å². The van der Waals surface area contributed by atoms with Crippen LogP contribution in [0.1, 0.15) is 45.1 Å². The number of likely N-dealkylation sites (tertiary alicyclic amines) is 1. The van der Waals surface area contributed by atoms with Gasteiger partial charge in [-0.2, -0.15) is 0 Å². The van der Waals surface area contributed by atoms with Gasteiger partial charge in [0.2, 0.25) is 0 Å². The summed E-state index contributed by atoms with van der Waals surface area (Å²) < 4.78 is 0. The quantitative estimate of drug-likeness (QED) is 0.878. The van der Waals surface area contributed by atoms with Crippen LogP contribution in [0, 0.1) is 5.92 Å². The van der Waals surface area contributed by atoms with E-state index in [2.05, 4.69) is 30.9 Å². The highest BCUT2D eigenvalue weighted by Crippen LogP contribution is 2.33. The van der Waals surface area contributed by atoms with Crippen molar-refractivity contribution >= 4 is 0 Å². The molecule has 1 aromatic rings. The Balaban J connectivity index is 2.07. The summed E-state index contributed by atoms with van der Waals surface area (Å²) in [6.07, 6.45) is 4.75. The number of hydrogen-bond donors (Lipinski definition) is 1. The monoisotopic (exact) mass is 261 g/mol. The predicted molar refractivity (Wildman–Crippen MR) is 80.1 cm³/mol. The van der Waals surface area contributed by atoms with Gasteiger partial charge in [-0.1, -0.05) is 50.6 Å². The SMILES string of the molecule is CCC(O)(c1ccccc1)C(C)CN1CCCCC1.